The minimum Gasteiger partial charge on any atom is -0.395 e. The maximum atomic E-state index is 12.8. The summed E-state index contributed by atoms with van der Waals surface area (Å²) in [6.07, 6.45) is -1.09. The molecular weight excluding hydrogens is 348 g/mol. The first kappa shape index (κ1) is 17.0. The number of benzene rings is 3. The van der Waals surface area contributed by atoms with Crippen LogP contribution in [0.5, 0.6) is 5.75 Å². The third-order valence-electron chi connectivity index (χ3n) is 4.35. The van der Waals surface area contributed by atoms with E-state index in [0.29, 0.717) is 0 Å². The molecule has 0 unspecified atom stereocenters. The lowest BCUT2D eigenvalue weighted by molar-refractivity contribution is -0.382. The number of ketones is 1. The van der Waals surface area contributed by atoms with Gasteiger partial charge in [-0.25, -0.2) is 10.1 Å². The van der Waals surface area contributed by atoms with E-state index in [9.17, 15) is 14.8 Å². The molecule has 0 fully saturated rings. The van der Waals surface area contributed by atoms with Crippen LogP contribution in [-0.4, -0.2) is 17.2 Å². The molecular formula is C21H14O6. The number of hydrogen-bond donors (Lipinski definition) is 1. The van der Waals surface area contributed by atoms with Crippen LogP contribution in [0.3, 0.4) is 0 Å². The van der Waals surface area contributed by atoms with Crippen molar-refractivity contribution >= 4 is 11.9 Å². The Kier molecular flexibility index (Phi) is 4.19. The van der Waals surface area contributed by atoms with Gasteiger partial charge in [-0.15, -0.1) is 0 Å². The van der Waals surface area contributed by atoms with Crippen LogP contribution in [0, 0.1) is 0 Å². The number of para-hydroxylation sites is 1. The van der Waals surface area contributed by atoms with Gasteiger partial charge in [0, 0.05) is 22.3 Å². The summed E-state index contributed by atoms with van der Waals surface area (Å²) < 4.78 is 10.6. The lowest BCUT2D eigenvalue weighted by Gasteiger charge is -2.35. The normalized spacial score (nSPS) is 14.0. The number of carbonyl (C=O) groups is 2. The molecule has 27 heavy (non-hydrogen) atoms. The lowest BCUT2D eigenvalue weighted by atomic mass is 9.80. The van der Waals surface area contributed by atoms with Crippen LogP contribution in [0.1, 0.15) is 27.0 Å². The smallest absolute Gasteiger partial charge is 0.395 e. The van der Waals surface area contributed by atoms with Crippen molar-refractivity contribution in [2.45, 2.75) is 5.79 Å². The van der Waals surface area contributed by atoms with Gasteiger partial charge in [0.25, 0.3) is 0 Å². The Morgan fingerprint density at radius 1 is 0.778 bits per heavy atom. The van der Waals surface area contributed by atoms with Gasteiger partial charge in [0.1, 0.15) is 5.75 Å². The minimum absolute atomic E-state index is 0.209. The Balaban J connectivity index is 1.80. The summed E-state index contributed by atoms with van der Waals surface area (Å²) in [5, 5.41) is 9.79. The first-order valence-corrected chi connectivity index (χ1v) is 8.18. The number of carbonyl (C=O) groups excluding carboxylic acids is 2. The Morgan fingerprint density at radius 3 is 1.85 bits per heavy atom. The summed E-state index contributed by atoms with van der Waals surface area (Å²) in [4.78, 5) is 29.9. The molecule has 0 radical (unpaired) electrons. The van der Waals surface area contributed by atoms with E-state index in [0.717, 1.165) is 0 Å². The Labute approximate surface area is 154 Å². The quantitative estimate of drug-likeness (QED) is 0.248. The SMILES string of the molecule is O=C(Oc1ccccc1)OC1(OO)c2ccccc2C(=O)c2ccccc21. The molecule has 6 nitrogen and oxygen atoms in total. The van der Waals surface area contributed by atoms with Crippen molar-refractivity contribution in [3.63, 3.8) is 0 Å². The molecule has 0 saturated heterocycles. The van der Waals surface area contributed by atoms with Gasteiger partial charge in [0.15, 0.2) is 5.78 Å². The number of rotatable bonds is 3. The van der Waals surface area contributed by atoms with Crippen LogP contribution in [0.4, 0.5) is 4.79 Å². The van der Waals surface area contributed by atoms with Crippen LogP contribution < -0.4 is 4.74 Å². The molecule has 3 aromatic rings. The molecule has 4 rings (SSSR count). The van der Waals surface area contributed by atoms with E-state index in [-0.39, 0.29) is 33.8 Å². The highest BCUT2D eigenvalue weighted by atomic mass is 17.2. The maximum Gasteiger partial charge on any atom is 0.517 e. The number of ether oxygens (including phenoxy) is 2. The van der Waals surface area contributed by atoms with Gasteiger partial charge in [0.2, 0.25) is 0 Å². The molecule has 0 spiro atoms. The van der Waals surface area contributed by atoms with E-state index in [1.54, 1.807) is 78.9 Å². The standard InChI is InChI=1S/C21H14O6/c22-19-15-10-4-6-12-17(15)21(27-24,18-13-7-5-11-16(18)19)26-20(23)25-14-8-2-1-3-9-14/h1-13,24H. The third kappa shape index (κ3) is 2.77. The van der Waals surface area contributed by atoms with Gasteiger partial charge >= 0.3 is 11.9 Å². The molecule has 0 aromatic heterocycles. The highest BCUT2D eigenvalue weighted by molar-refractivity contribution is 6.13. The summed E-state index contributed by atoms with van der Waals surface area (Å²) in [7, 11) is 0. The van der Waals surface area contributed by atoms with E-state index < -0.39 is 11.9 Å². The first-order valence-electron chi connectivity index (χ1n) is 8.18. The van der Waals surface area contributed by atoms with Crippen molar-refractivity contribution < 1.29 is 29.2 Å². The molecule has 6 heteroatoms. The Bertz CT molecular complexity index is 962. The summed E-state index contributed by atoms with van der Waals surface area (Å²) >= 11 is 0. The molecule has 0 bridgehead atoms. The van der Waals surface area contributed by atoms with Crippen molar-refractivity contribution in [1.29, 1.82) is 0 Å². The average molecular weight is 362 g/mol. The zero-order valence-electron chi connectivity index (χ0n) is 14.0. The zero-order valence-corrected chi connectivity index (χ0v) is 14.0. The van der Waals surface area contributed by atoms with E-state index in [2.05, 4.69) is 0 Å². The fourth-order valence-corrected chi connectivity index (χ4v) is 3.18. The van der Waals surface area contributed by atoms with Gasteiger partial charge in [-0.1, -0.05) is 66.7 Å². The Morgan fingerprint density at radius 2 is 1.30 bits per heavy atom. The zero-order chi connectivity index (χ0) is 18.9. The van der Waals surface area contributed by atoms with Crippen LogP contribution >= 0.6 is 0 Å². The molecule has 3 aromatic carbocycles. The second kappa shape index (κ2) is 6.68. The average Bonchev–Trinajstić information content (AvgIpc) is 2.72. The van der Waals surface area contributed by atoms with Crippen molar-refractivity contribution in [1.82, 2.24) is 0 Å². The molecule has 0 amide bonds. The van der Waals surface area contributed by atoms with Crippen molar-refractivity contribution in [3.05, 3.63) is 101 Å². The molecule has 1 N–H and O–H groups in total. The number of fused-ring (bicyclic) bond motifs is 2. The summed E-state index contributed by atoms with van der Waals surface area (Å²) in [5.74, 6) is -2.01. The first-order chi connectivity index (χ1) is 13.2. The maximum absolute atomic E-state index is 12.8. The van der Waals surface area contributed by atoms with E-state index in [1.807, 2.05) is 0 Å². The van der Waals surface area contributed by atoms with Gasteiger partial charge in [-0.2, -0.15) is 4.89 Å². The molecule has 0 heterocycles. The highest BCUT2D eigenvalue weighted by Crippen LogP contribution is 2.43. The molecule has 134 valence electrons. The predicted octanol–water partition coefficient (Wildman–Crippen LogP) is 4.14. The predicted molar refractivity (Wildman–Crippen MR) is 94.4 cm³/mol. The molecule has 0 aliphatic heterocycles. The molecule has 0 atom stereocenters. The molecule has 1 aliphatic carbocycles. The fraction of sp³-hybridized carbons (Fsp3) is 0.0476. The van der Waals surface area contributed by atoms with E-state index in [1.165, 1.54) is 0 Å². The van der Waals surface area contributed by atoms with Gasteiger partial charge in [-0.3, -0.25) is 4.79 Å². The van der Waals surface area contributed by atoms with Crippen molar-refractivity contribution in [3.8, 4) is 5.75 Å². The monoisotopic (exact) mass is 362 g/mol. The minimum atomic E-state index is -2.02. The van der Waals surface area contributed by atoms with Crippen LogP contribution in [0.25, 0.3) is 0 Å². The highest BCUT2D eigenvalue weighted by Gasteiger charge is 2.49. The van der Waals surface area contributed by atoms with Crippen molar-refractivity contribution in [2.24, 2.45) is 0 Å². The van der Waals surface area contributed by atoms with Gasteiger partial charge in [0.05, 0.1) is 0 Å². The van der Waals surface area contributed by atoms with Crippen LogP contribution in [0.15, 0.2) is 78.9 Å². The lowest BCUT2D eigenvalue weighted by Crippen LogP contribution is -2.42. The fourth-order valence-electron chi connectivity index (χ4n) is 3.18. The van der Waals surface area contributed by atoms with E-state index in [4.69, 9.17) is 14.4 Å². The summed E-state index contributed by atoms with van der Waals surface area (Å²) in [6.45, 7) is 0. The second-order valence-electron chi connectivity index (χ2n) is 5.90. The second-order valence-corrected chi connectivity index (χ2v) is 5.90. The summed E-state index contributed by atoms with van der Waals surface area (Å²) in [5.41, 5.74) is 0.943. The van der Waals surface area contributed by atoms with E-state index >= 15 is 0 Å². The van der Waals surface area contributed by atoms with Crippen molar-refractivity contribution in [2.75, 3.05) is 0 Å². The summed E-state index contributed by atoms with van der Waals surface area (Å²) in [6, 6.07) is 21.2. The van der Waals surface area contributed by atoms with Gasteiger partial charge < -0.3 is 9.47 Å². The number of hydrogen-bond acceptors (Lipinski definition) is 6. The topological polar surface area (TPSA) is 82.1 Å². The Hall–Kier alpha value is -3.48. The van der Waals surface area contributed by atoms with Crippen LogP contribution in [0.2, 0.25) is 0 Å². The molecule has 0 saturated carbocycles. The molecule has 1 aliphatic rings. The third-order valence-corrected chi connectivity index (χ3v) is 4.35. The van der Waals surface area contributed by atoms with Crippen LogP contribution in [-0.2, 0) is 15.4 Å². The van der Waals surface area contributed by atoms with Gasteiger partial charge in [-0.05, 0) is 12.1 Å². The largest absolute Gasteiger partial charge is 0.517 e.